The van der Waals surface area contributed by atoms with Crippen molar-refractivity contribution in [2.75, 3.05) is 0 Å². The molecule has 4 rings (SSSR count). The monoisotopic (exact) mass is 410 g/mol. The van der Waals surface area contributed by atoms with Gasteiger partial charge >= 0.3 is 0 Å². The molecule has 0 saturated heterocycles. The van der Waals surface area contributed by atoms with Crippen LogP contribution in [0.2, 0.25) is 0 Å². The summed E-state index contributed by atoms with van der Waals surface area (Å²) in [5, 5.41) is 13.2. The van der Waals surface area contributed by atoms with E-state index >= 15 is 0 Å². The number of benzene rings is 1. The van der Waals surface area contributed by atoms with Crippen LogP contribution in [0.1, 0.15) is 35.4 Å². The van der Waals surface area contributed by atoms with Crippen LogP contribution in [0.4, 0.5) is 0 Å². The van der Waals surface area contributed by atoms with Gasteiger partial charge in [-0.1, -0.05) is 43.0 Å². The minimum atomic E-state index is 0.601. The molecule has 0 N–H and O–H groups in total. The first-order valence-electron chi connectivity index (χ1n) is 9.32. The van der Waals surface area contributed by atoms with Gasteiger partial charge < -0.3 is 4.42 Å². The molecule has 4 aromatic rings. The zero-order chi connectivity index (χ0) is 19.3. The van der Waals surface area contributed by atoms with Crippen molar-refractivity contribution in [3.05, 3.63) is 70.1 Å². The normalized spacial score (nSPS) is 11.2. The first kappa shape index (κ1) is 19.0. The largest absolute Gasteiger partial charge is 0.467 e. The third-order valence-electron chi connectivity index (χ3n) is 4.41. The lowest BCUT2D eigenvalue weighted by atomic mass is 10.1. The zero-order valence-corrected chi connectivity index (χ0v) is 17.6. The molecule has 0 aliphatic carbocycles. The van der Waals surface area contributed by atoms with Crippen LogP contribution in [0.3, 0.4) is 0 Å². The SMILES string of the molecule is CCCc1nc(CSc2nnc(-c3ccccc3C)n2Cc2ccco2)cs1. The molecule has 0 radical (unpaired) electrons. The van der Waals surface area contributed by atoms with Crippen LogP contribution in [-0.4, -0.2) is 19.7 Å². The topological polar surface area (TPSA) is 56.7 Å². The maximum absolute atomic E-state index is 5.58. The summed E-state index contributed by atoms with van der Waals surface area (Å²) in [6.07, 6.45) is 3.86. The Morgan fingerprint density at radius 3 is 2.82 bits per heavy atom. The molecule has 0 unspecified atom stereocenters. The molecule has 0 saturated carbocycles. The highest BCUT2D eigenvalue weighted by atomic mass is 32.2. The number of rotatable bonds is 8. The summed E-state index contributed by atoms with van der Waals surface area (Å²) >= 11 is 3.41. The fourth-order valence-electron chi connectivity index (χ4n) is 3.00. The molecule has 0 aliphatic rings. The van der Waals surface area contributed by atoms with Gasteiger partial charge in [-0.2, -0.15) is 0 Å². The van der Waals surface area contributed by atoms with Crippen LogP contribution >= 0.6 is 23.1 Å². The Bertz CT molecular complexity index is 1040. The van der Waals surface area contributed by atoms with Crippen LogP contribution in [0.5, 0.6) is 0 Å². The summed E-state index contributed by atoms with van der Waals surface area (Å²) in [6, 6.07) is 12.1. The van der Waals surface area contributed by atoms with Crippen molar-refractivity contribution in [1.29, 1.82) is 0 Å². The van der Waals surface area contributed by atoms with Crippen LogP contribution in [0.15, 0.2) is 57.6 Å². The van der Waals surface area contributed by atoms with Crippen LogP contribution in [0.25, 0.3) is 11.4 Å². The Hall–Kier alpha value is -2.38. The molecule has 0 amide bonds. The van der Waals surface area contributed by atoms with Crippen molar-refractivity contribution in [3.63, 3.8) is 0 Å². The molecule has 144 valence electrons. The van der Waals surface area contributed by atoms with Gasteiger partial charge in [0.05, 0.1) is 23.5 Å². The van der Waals surface area contributed by atoms with E-state index in [2.05, 4.69) is 46.1 Å². The number of hydrogen-bond acceptors (Lipinski definition) is 6. The molecule has 0 fully saturated rings. The van der Waals surface area contributed by atoms with Crippen molar-refractivity contribution in [1.82, 2.24) is 19.7 Å². The lowest BCUT2D eigenvalue weighted by Crippen LogP contribution is -2.04. The van der Waals surface area contributed by atoms with E-state index in [1.54, 1.807) is 29.4 Å². The number of furan rings is 1. The highest BCUT2D eigenvalue weighted by Crippen LogP contribution is 2.29. The zero-order valence-electron chi connectivity index (χ0n) is 16.0. The maximum atomic E-state index is 5.58. The lowest BCUT2D eigenvalue weighted by molar-refractivity contribution is 0.485. The lowest BCUT2D eigenvalue weighted by Gasteiger charge is -2.10. The summed E-state index contributed by atoms with van der Waals surface area (Å²) in [7, 11) is 0. The minimum Gasteiger partial charge on any atom is -0.467 e. The maximum Gasteiger partial charge on any atom is 0.192 e. The van der Waals surface area contributed by atoms with Gasteiger partial charge in [0.2, 0.25) is 0 Å². The predicted molar refractivity (Wildman–Crippen MR) is 114 cm³/mol. The van der Waals surface area contributed by atoms with Gasteiger partial charge in [-0.05, 0) is 37.5 Å². The average Bonchev–Trinajstić information content (AvgIpc) is 3.44. The van der Waals surface area contributed by atoms with Crippen LogP contribution in [-0.2, 0) is 18.7 Å². The van der Waals surface area contributed by atoms with Gasteiger partial charge in [0.1, 0.15) is 5.76 Å². The number of aromatic nitrogens is 4. The van der Waals surface area contributed by atoms with Crippen molar-refractivity contribution < 1.29 is 4.42 Å². The summed E-state index contributed by atoms with van der Waals surface area (Å²) in [6.45, 7) is 4.88. The second-order valence-electron chi connectivity index (χ2n) is 6.56. The van der Waals surface area contributed by atoms with E-state index in [1.807, 2.05) is 24.3 Å². The van der Waals surface area contributed by atoms with Crippen LogP contribution in [0, 0.1) is 6.92 Å². The van der Waals surface area contributed by atoms with Crippen LogP contribution < -0.4 is 0 Å². The van der Waals surface area contributed by atoms with E-state index in [4.69, 9.17) is 9.40 Å². The van der Waals surface area contributed by atoms with Gasteiger partial charge in [-0.25, -0.2) is 4.98 Å². The highest BCUT2D eigenvalue weighted by Gasteiger charge is 2.17. The molecule has 3 heterocycles. The molecule has 3 aromatic heterocycles. The number of aryl methyl sites for hydroxylation is 2. The van der Waals surface area contributed by atoms with Gasteiger partial charge in [-0.15, -0.1) is 21.5 Å². The molecule has 5 nitrogen and oxygen atoms in total. The van der Waals surface area contributed by atoms with E-state index in [0.29, 0.717) is 6.54 Å². The Kier molecular flexibility index (Phi) is 5.92. The molecular formula is C21H22N4OS2. The van der Waals surface area contributed by atoms with Crippen molar-refractivity contribution in [2.45, 2.75) is 44.1 Å². The number of thiazole rings is 1. The molecule has 0 aliphatic heterocycles. The molecule has 28 heavy (non-hydrogen) atoms. The first-order valence-corrected chi connectivity index (χ1v) is 11.2. The third-order valence-corrected chi connectivity index (χ3v) is 6.37. The van der Waals surface area contributed by atoms with E-state index in [0.717, 1.165) is 46.6 Å². The van der Waals surface area contributed by atoms with Gasteiger partial charge in [0.25, 0.3) is 0 Å². The molecule has 7 heteroatoms. The van der Waals surface area contributed by atoms with Crippen molar-refractivity contribution in [3.8, 4) is 11.4 Å². The van der Waals surface area contributed by atoms with E-state index in [9.17, 15) is 0 Å². The summed E-state index contributed by atoms with van der Waals surface area (Å²) in [4.78, 5) is 4.72. The standard InChI is InChI=1S/C21H22N4OS2/c1-3-7-19-22-16(13-27-19)14-28-21-24-23-20(18-10-5-4-8-15(18)2)25(21)12-17-9-6-11-26-17/h4-6,8-11,13H,3,7,12,14H2,1-2H3. The molecule has 0 atom stereocenters. The Morgan fingerprint density at radius 2 is 2.04 bits per heavy atom. The molecule has 0 bridgehead atoms. The summed E-state index contributed by atoms with van der Waals surface area (Å²) < 4.78 is 7.71. The van der Waals surface area contributed by atoms with Gasteiger partial charge in [-0.3, -0.25) is 4.57 Å². The fraction of sp³-hybridized carbons (Fsp3) is 0.286. The summed E-state index contributed by atoms with van der Waals surface area (Å²) in [5.74, 6) is 2.53. The Labute approximate surface area is 172 Å². The molecular weight excluding hydrogens is 388 g/mol. The van der Waals surface area contributed by atoms with Gasteiger partial charge in [0.15, 0.2) is 11.0 Å². The Morgan fingerprint density at radius 1 is 1.14 bits per heavy atom. The van der Waals surface area contributed by atoms with Crippen molar-refractivity contribution >= 4 is 23.1 Å². The predicted octanol–water partition coefficient (Wildman–Crippen LogP) is 5.60. The second-order valence-corrected chi connectivity index (χ2v) is 8.44. The highest BCUT2D eigenvalue weighted by molar-refractivity contribution is 7.98. The Balaban J connectivity index is 1.61. The van der Waals surface area contributed by atoms with E-state index in [1.165, 1.54) is 10.6 Å². The van der Waals surface area contributed by atoms with E-state index in [-0.39, 0.29) is 0 Å². The number of thioether (sulfide) groups is 1. The third kappa shape index (κ3) is 4.20. The molecule has 0 spiro atoms. The molecule has 1 aromatic carbocycles. The van der Waals surface area contributed by atoms with E-state index < -0.39 is 0 Å². The quantitative estimate of drug-likeness (QED) is 0.354. The number of hydrogen-bond donors (Lipinski definition) is 0. The fourth-order valence-corrected chi connectivity index (χ4v) is 4.84. The van der Waals surface area contributed by atoms with Crippen molar-refractivity contribution in [2.24, 2.45) is 0 Å². The van der Waals surface area contributed by atoms with Gasteiger partial charge in [0, 0.05) is 16.7 Å². The average molecular weight is 411 g/mol. The second kappa shape index (κ2) is 8.75. The first-order chi connectivity index (χ1) is 13.7. The smallest absolute Gasteiger partial charge is 0.192 e. The number of nitrogens with zero attached hydrogens (tertiary/aromatic N) is 4. The summed E-state index contributed by atoms with van der Waals surface area (Å²) in [5.41, 5.74) is 3.37. The minimum absolute atomic E-state index is 0.601.